The van der Waals surface area contributed by atoms with Crippen LogP contribution >= 0.6 is 7.82 Å². The Morgan fingerprint density at radius 2 is 0.953 bits per heavy atom. The third-order valence-electron chi connectivity index (χ3n) is 12.3. The van der Waals surface area contributed by atoms with Crippen molar-refractivity contribution in [1.29, 1.82) is 0 Å². The van der Waals surface area contributed by atoms with Crippen LogP contribution in [0.4, 0.5) is 0 Å². The molecule has 1 unspecified atom stereocenters. The summed E-state index contributed by atoms with van der Waals surface area (Å²) < 4.78 is 50.1. The molecule has 2 aromatic rings. The van der Waals surface area contributed by atoms with Crippen molar-refractivity contribution in [3.8, 4) is 5.75 Å². The van der Waals surface area contributed by atoms with Gasteiger partial charge in [-0.3, -0.25) is 18.6 Å². The zero-order valence-electron chi connectivity index (χ0n) is 40.4. The molecule has 0 bridgehead atoms. The fourth-order valence-corrected chi connectivity index (χ4v) is 9.79. The number of esters is 2. The Balaban J connectivity index is 1.46. The summed E-state index contributed by atoms with van der Waals surface area (Å²) in [6.07, 6.45) is 33.8. The molecule has 0 heterocycles. The molecule has 0 amide bonds. The molecule has 10 heteroatoms. The quantitative estimate of drug-likeness (QED) is 0.0366. The first kappa shape index (κ1) is 55.6. The molecule has 0 spiro atoms. The molecule has 0 aliphatic heterocycles. The van der Waals surface area contributed by atoms with Crippen molar-refractivity contribution in [2.45, 2.75) is 244 Å². The monoisotopic (exact) mass is 913 g/mol. The molecule has 1 fully saturated rings. The van der Waals surface area contributed by atoms with Crippen LogP contribution in [-0.2, 0) is 44.0 Å². The van der Waals surface area contributed by atoms with Gasteiger partial charge in [0.05, 0.1) is 18.8 Å². The Kier molecular flexibility index (Phi) is 32.5. The smallest absolute Gasteiger partial charge is 0.462 e. The minimum Gasteiger partial charge on any atom is -0.462 e. The topological polar surface area (TPSA) is 107 Å². The molecule has 2 aromatic carbocycles. The largest absolute Gasteiger partial charge is 0.530 e. The SMILES string of the molecule is CCCCCCCCCCCCCCCC(=O)OC[C@H](COP(=O)(Oc1ccccc1)OC1CCC(OCc2ccccc2)CC1)OC(=O)CCCCCCCCCCCCCCC. The Morgan fingerprint density at radius 1 is 0.531 bits per heavy atom. The van der Waals surface area contributed by atoms with Crippen molar-refractivity contribution >= 4 is 19.8 Å². The first-order chi connectivity index (χ1) is 31.4. The molecule has 0 saturated heterocycles. The van der Waals surface area contributed by atoms with Crippen molar-refractivity contribution in [3.63, 3.8) is 0 Å². The molecule has 2 atom stereocenters. The Morgan fingerprint density at radius 3 is 1.44 bits per heavy atom. The minimum absolute atomic E-state index is 0.0727. The van der Waals surface area contributed by atoms with E-state index in [0.717, 1.165) is 56.9 Å². The van der Waals surface area contributed by atoms with E-state index in [1.807, 2.05) is 24.3 Å². The molecule has 1 saturated carbocycles. The second kappa shape index (κ2) is 37.4. The van der Waals surface area contributed by atoms with Gasteiger partial charge in [0.25, 0.3) is 0 Å². The van der Waals surface area contributed by atoms with E-state index in [0.29, 0.717) is 31.6 Å². The lowest BCUT2D eigenvalue weighted by atomic mass is 9.95. The maximum absolute atomic E-state index is 14.4. The van der Waals surface area contributed by atoms with E-state index in [2.05, 4.69) is 26.0 Å². The highest BCUT2D eigenvalue weighted by molar-refractivity contribution is 7.49. The van der Waals surface area contributed by atoms with Gasteiger partial charge in [-0.2, -0.15) is 0 Å². The van der Waals surface area contributed by atoms with Gasteiger partial charge in [-0.15, -0.1) is 0 Å². The number of ether oxygens (including phenoxy) is 3. The van der Waals surface area contributed by atoms with E-state index in [-0.39, 0.29) is 37.8 Å². The van der Waals surface area contributed by atoms with Crippen LogP contribution in [0.15, 0.2) is 60.7 Å². The maximum Gasteiger partial charge on any atom is 0.530 e. The number of hydrogen-bond acceptors (Lipinski definition) is 9. The molecule has 1 aliphatic rings. The van der Waals surface area contributed by atoms with Crippen molar-refractivity contribution in [2.75, 3.05) is 13.2 Å². The normalized spacial score (nSPS) is 16.5. The van der Waals surface area contributed by atoms with Gasteiger partial charge in [-0.1, -0.05) is 216 Å². The Hall–Kier alpha value is -2.71. The first-order valence-electron chi connectivity index (χ1n) is 26.1. The fourth-order valence-electron chi connectivity index (χ4n) is 8.33. The van der Waals surface area contributed by atoms with Crippen LogP contribution in [0.2, 0.25) is 0 Å². The average Bonchev–Trinajstić information content (AvgIpc) is 3.30. The summed E-state index contributed by atoms with van der Waals surface area (Å²) in [4.78, 5) is 26.0. The summed E-state index contributed by atoms with van der Waals surface area (Å²) in [5, 5.41) is 0. The van der Waals surface area contributed by atoms with Crippen molar-refractivity contribution in [2.24, 2.45) is 0 Å². The van der Waals surface area contributed by atoms with Gasteiger partial charge in [-0.05, 0) is 56.2 Å². The van der Waals surface area contributed by atoms with E-state index in [1.165, 1.54) is 128 Å². The number of unbranched alkanes of at least 4 members (excludes halogenated alkanes) is 24. The second-order valence-electron chi connectivity index (χ2n) is 18.2. The molecular formula is C54H89O9P. The molecule has 3 rings (SSSR count). The van der Waals surface area contributed by atoms with Gasteiger partial charge in [0.15, 0.2) is 6.10 Å². The Labute approximate surface area is 389 Å². The van der Waals surface area contributed by atoms with E-state index in [9.17, 15) is 14.2 Å². The van der Waals surface area contributed by atoms with E-state index >= 15 is 0 Å². The number of phosphoric ester groups is 1. The summed E-state index contributed by atoms with van der Waals surface area (Å²) in [7, 11) is -4.21. The number of phosphoric acid groups is 1. The summed E-state index contributed by atoms with van der Waals surface area (Å²) in [5.74, 6) is -0.393. The zero-order valence-corrected chi connectivity index (χ0v) is 41.3. The van der Waals surface area contributed by atoms with Gasteiger partial charge < -0.3 is 18.7 Å². The molecule has 64 heavy (non-hydrogen) atoms. The van der Waals surface area contributed by atoms with Crippen LogP contribution in [0.1, 0.15) is 225 Å². The van der Waals surface area contributed by atoms with Crippen LogP contribution in [0.25, 0.3) is 0 Å². The Bertz CT molecular complexity index is 1450. The first-order valence-corrected chi connectivity index (χ1v) is 27.5. The third-order valence-corrected chi connectivity index (χ3v) is 13.8. The molecule has 9 nitrogen and oxygen atoms in total. The van der Waals surface area contributed by atoms with Crippen LogP contribution in [-0.4, -0.2) is 43.5 Å². The lowest BCUT2D eigenvalue weighted by Gasteiger charge is -2.31. The van der Waals surface area contributed by atoms with E-state index < -0.39 is 19.9 Å². The zero-order chi connectivity index (χ0) is 45.6. The van der Waals surface area contributed by atoms with Gasteiger partial charge in [-0.25, -0.2) is 4.57 Å². The number of rotatable bonds is 41. The highest BCUT2D eigenvalue weighted by Crippen LogP contribution is 2.52. The second-order valence-corrected chi connectivity index (χ2v) is 19.8. The summed E-state index contributed by atoms with van der Waals surface area (Å²) in [6.45, 7) is 4.55. The lowest BCUT2D eigenvalue weighted by Crippen LogP contribution is -2.31. The number of para-hydroxylation sites is 1. The average molecular weight is 913 g/mol. The summed E-state index contributed by atoms with van der Waals surface area (Å²) >= 11 is 0. The summed E-state index contributed by atoms with van der Waals surface area (Å²) in [6, 6.07) is 18.9. The molecule has 364 valence electrons. The molecule has 0 radical (unpaired) electrons. The molecular weight excluding hydrogens is 824 g/mol. The van der Waals surface area contributed by atoms with E-state index in [1.54, 1.807) is 24.3 Å². The molecule has 0 aromatic heterocycles. The summed E-state index contributed by atoms with van der Waals surface area (Å²) in [5.41, 5.74) is 1.12. The van der Waals surface area contributed by atoms with Crippen molar-refractivity contribution < 1.29 is 41.9 Å². The lowest BCUT2D eigenvalue weighted by molar-refractivity contribution is -0.161. The van der Waals surface area contributed by atoms with Gasteiger partial charge in [0, 0.05) is 12.8 Å². The fraction of sp³-hybridized carbons (Fsp3) is 0.741. The predicted octanol–water partition coefficient (Wildman–Crippen LogP) is 16.2. The number of hydrogen-bond donors (Lipinski definition) is 0. The van der Waals surface area contributed by atoms with Crippen LogP contribution in [0.5, 0.6) is 5.75 Å². The highest BCUT2D eigenvalue weighted by atomic mass is 31.2. The highest BCUT2D eigenvalue weighted by Gasteiger charge is 2.36. The predicted molar refractivity (Wildman–Crippen MR) is 260 cm³/mol. The number of benzene rings is 2. The standard InChI is InChI=1S/C54H89O9P/c1-3-5-7-9-11-13-15-17-19-21-23-25-33-39-53(55)59-46-52(61-54(56)40-34-26-24-22-20-18-16-14-12-10-8-6-4-2)47-60-64(57,62-50-37-31-28-32-38-50)63-51-43-41-49(42-44-51)58-45-48-35-29-27-30-36-48/h27-32,35-38,49,51-52H,3-26,33-34,39-47H2,1-2H3/t49?,51?,52-,64?/m1/s1. The maximum atomic E-state index is 14.4. The van der Waals surface area contributed by atoms with Gasteiger partial charge >= 0.3 is 19.8 Å². The molecule has 1 aliphatic carbocycles. The van der Waals surface area contributed by atoms with E-state index in [4.69, 9.17) is 27.8 Å². The number of carbonyl (C=O) groups excluding carboxylic acids is 2. The van der Waals surface area contributed by atoms with Gasteiger partial charge in [0.1, 0.15) is 19.0 Å². The van der Waals surface area contributed by atoms with Crippen LogP contribution < -0.4 is 4.52 Å². The van der Waals surface area contributed by atoms with Crippen LogP contribution in [0, 0.1) is 0 Å². The minimum atomic E-state index is -4.21. The van der Waals surface area contributed by atoms with Crippen LogP contribution in [0.3, 0.4) is 0 Å². The van der Waals surface area contributed by atoms with Crippen molar-refractivity contribution in [3.05, 3.63) is 66.2 Å². The van der Waals surface area contributed by atoms with Gasteiger partial charge in [0.2, 0.25) is 0 Å². The third kappa shape index (κ3) is 29.0. The molecule has 0 N–H and O–H groups in total. The van der Waals surface area contributed by atoms with Crippen molar-refractivity contribution in [1.82, 2.24) is 0 Å². The number of carbonyl (C=O) groups is 2.